The van der Waals surface area contributed by atoms with Gasteiger partial charge in [0.25, 0.3) is 5.91 Å². The Morgan fingerprint density at radius 2 is 2.23 bits per heavy atom. The van der Waals surface area contributed by atoms with Crippen LogP contribution < -0.4 is 10.1 Å². The maximum Gasteiger partial charge on any atom is 0.292 e. The van der Waals surface area contributed by atoms with E-state index in [0.717, 1.165) is 5.56 Å². The molecule has 0 atom stereocenters. The largest absolute Gasteiger partial charge is 0.486 e. The van der Waals surface area contributed by atoms with E-state index in [2.05, 4.69) is 10.4 Å². The maximum atomic E-state index is 12.3. The van der Waals surface area contributed by atoms with Crippen LogP contribution in [0.25, 0.3) is 0 Å². The van der Waals surface area contributed by atoms with Crippen molar-refractivity contribution >= 4 is 23.3 Å². The molecular weight excluding hydrogens is 356 g/mol. The number of aromatic nitrogens is 2. The SMILES string of the molecule is Cc1cc(OCc2ccc(C(=O)Nc3c(C#N)cnn3C)o2)ccc1Cl. The zero-order valence-corrected chi connectivity index (χ0v) is 14.9. The Balaban J connectivity index is 1.65. The molecule has 0 bridgehead atoms. The quantitative estimate of drug-likeness (QED) is 0.739. The molecule has 1 N–H and O–H groups in total. The van der Waals surface area contributed by atoms with Gasteiger partial charge in [0.1, 0.15) is 35.6 Å². The molecule has 0 saturated heterocycles. The molecule has 26 heavy (non-hydrogen) atoms. The molecule has 0 aliphatic carbocycles. The van der Waals surface area contributed by atoms with E-state index in [1.165, 1.54) is 10.9 Å². The molecule has 1 amide bonds. The van der Waals surface area contributed by atoms with Gasteiger partial charge in [-0.05, 0) is 42.8 Å². The number of ether oxygens (including phenoxy) is 1. The van der Waals surface area contributed by atoms with Crippen LogP contribution in [0.4, 0.5) is 5.82 Å². The number of carbonyl (C=O) groups excluding carboxylic acids is 1. The number of carbonyl (C=O) groups is 1. The molecule has 2 heterocycles. The van der Waals surface area contributed by atoms with Gasteiger partial charge in [-0.2, -0.15) is 10.4 Å². The van der Waals surface area contributed by atoms with Gasteiger partial charge in [0.15, 0.2) is 5.76 Å². The second-order valence-electron chi connectivity index (χ2n) is 5.56. The molecule has 3 aromatic rings. The summed E-state index contributed by atoms with van der Waals surface area (Å²) in [5, 5.41) is 16.3. The fraction of sp³-hybridized carbons (Fsp3) is 0.167. The maximum absolute atomic E-state index is 12.3. The van der Waals surface area contributed by atoms with E-state index >= 15 is 0 Å². The lowest BCUT2D eigenvalue weighted by molar-refractivity contribution is 0.0991. The van der Waals surface area contributed by atoms with E-state index < -0.39 is 5.91 Å². The number of nitriles is 1. The number of aryl methyl sites for hydroxylation is 2. The Morgan fingerprint density at radius 3 is 2.96 bits per heavy atom. The van der Waals surface area contributed by atoms with Crippen LogP contribution in [0.3, 0.4) is 0 Å². The van der Waals surface area contributed by atoms with Crippen molar-refractivity contribution in [1.82, 2.24) is 9.78 Å². The number of halogens is 1. The molecule has 0 unspecified atom stereocenters. The van der Waals surface area contributed by atoms with Gasteiger partial charge in [0.2, 0.25) is 0 Å². The highest BCUT2D eigenvalue weighted by molar-refractivity contribution is 6.31. The van der Waals surface area contributed by atoms with Crippen molar-refractivity contribution < 1.29 is 13.9 Å². The Morgan fingerprint density at radius 1 is 1.42 bits per heavy atom. The van der Waals surface area contributed by atoms with Gasteiger partial charge in [-0.15, -0.1) is 0 Å². The molecule has 0 aliphatic rings. The highest BCUT2D eigenvalue weighted by Crippen LogP contribution is 2.22. The highest BCUT2D eigenvalue weighted by Gasteiger charge is 2.16. The van der Waals surface area contributed by atoms with E-state index in [1.807, 2.05) is 19.1 Å². The molecule has 0 aliphatic heterocycles. The number of hydrogen-bond acceptors (Lipinski definition) is 5. The van der Waals surface area contributed by atoms with Crippen molar-refractivity contribution in [3.8, 4) is 11.8 Å². The molecule has 8 heteroatoms. The molecule has 0 fully saturated rings. The summed E-state index contributed by atoms with van der Waals surface area (Å²) in [5.74, 6) is 1.10. The molecule has 0 spiro atoms. The molecule has 0 saturated carbocycles. The summed E-state index contributed by atoms with van der Waals surface area (Å²) in [4.78, 5) is 12.3. The monoisotopic (exact) mass is 370 g/mol. The predicted octanol–water partition coefficient (Wildman–Crippen LogP) is 3.68. The van der Waals surface area contributed by atoms with Crippen LogP contribution in [0.5, 0.6) is 5.75 Å². The Kier molecular flexibility index (Phi) is 4.96. The van der Waals surface area contributed by atoms with Crippen LogP contribution in [0.2, 0.25) is 5.02 Å². The van der Waals surface area contributed by atoms with Crippen LogP contribution in [-0.2, 0) is 13.7 Å². The Hall–Kier alpha value is -3.24. The van der Waals surface area contributed by atoms with Crippen LogP contribution >= 0.6 is 11.6 Å². The Bertz CT molecular complexity index is 1000. The van der Waals surface area contributed by atoms with E-state index in [9.17, 15) is 4.79 Å². The predicted molar refractivity (Wildman–Crippen MR) is 95.1 cm³/mol. The van der Waals surface area contributed by atoms with E-state index in [1.54, 1.807) is 31.3 Å². The third-order valence-corrected chi connectivity index (χ3v) is 4.11. The average molecular weight is 371 g/mol. The summed E-state index contributed by atoms with van der Waals surface area (Å²) in [6.45, 7) is 2.06. The first-order valence-corrected chi connectivity index (χ1v) is 8.07. The highest BCUT2D eigenvalue weighted by atomic mass is 35.5. The number of nitrogens with zero attached hydrogens (tertiary/aromatic N) is 3. The molecule has 1 aromatic carbocycles. The van der Waals surface area contributed by atoms with E-state index in [4.69, 9.17) is 26.0 Å². The zero-order chi connectivity index (χ0) is 18.7. The molecule has 0 radical (unpaired) electrons. The average Bonchev–Trinajstić information content (AvgIpc) is 3.23. The summed E-state index contributed by atoms with van der Waals surface area (Å²) >= 11 is 5.98. The molecular formula is C18H15ClN4O3. The van der Waals surface area contributed by atoms with Crippen molar-refractivity contribution in [2.45, 2.75) is 13.5 Å². The van der Waals surface area contributed by atoms with Crippen LogP contribution in [0, 0.1) is 18.3 Å². The molecule has 2 aromatic heterocycles. The van der Waals surface area contributed by atoms with Crippen LogP contribution in [0.1, 0.15) is 27.4 Å². The Labute approximate surface area is 154 Å². The number of nitrogens with one attached hydrogen (secondary N) is 1. The summed E-state index contributed by atoms with van der Waals surface area (Å²) in [6.07, 6.45) is 1.38. The van der Waals surface area contributed by atoms with Crippen molar-refractivity contribution in [3.05, 3.63) is 64.2 Å². The van der Waals surface area contributed by atoms with Crippen molar-refractivity contribution in [1.29, 1.82) is 5.26 Å². The third-order valence-electron chi connectivity index (χ3n) is 3.69. The minimum atomic E-state index is -0.473. The second kappa shape index (κ2) is 7.33. The summed E-state index contributed by atoms with van der Waals surface area (Å²) in [7, 11) is 1.63. The number of furan rings is 1. The van der Waals surface area contributed by atoms with Crippen LogP contribution in [0.15, 0.2) is 40.9 Å². The fourth-order valence-corrected chi connectivity index (χ4v) is 2.39. The number of amides is 1. The first-order valence-electron chi connectivity index (χ1n) is 7.69. The number of anilines is 1. The molecule has 3 rings (SSSR count). The zero-order valence-electron chi connectivity index (χ0n) is 14.1. The normalized spacial score (nSPS) is 10.4. The van der Waals surface area contributed by atoms with Gasteiger partial charge >= 0.3 is 0 Å². The lowest BCUT2D eigenvalue weighted by atomic mass is 10.2. The van der Waals surface area contributed by atoms with E-state index in [0.29, 0.717) is 22.4 Å². The van der Waals surface area contributed by atoms with Crippen LogP contribution in [-0.4, -0.2) is 15.7 Å². The minimum Gasteiger partial charge on any atom is -0.486 e. The number of rotatable bonds is 5. The summed E-state index contributed by atoms with van der Waals surface area (Å²) in [6, 6.07) is 10.5. The van der Waals surface area contributed by atoms with Gasteiger partial charge in [0.05, 0.1) is 6.20 Å². The summed E-state index contributed by atoms with van der Waals surface area (Å²) < 4.78 is 12.6. The van der Waals surface area contributed by atoms with Crippen molar-refractivity contribution in [2.75, 3.05) is 5.32 Å². The lowest BCUT2D eigenvalue weighted by Gasteiger charge is -2.06. The number of hydrogen-bond donors (Lipinski definition) is 1. The molecule has 7 nitrogen and oxygen atoms in total. The van der Waals surface area contributed by atoms with Gasteiger partial charge in [0, 0.05) is 12.1 Å². The second-order valence-corrected chi connectivity index (χ2v) is 5.97. The van der Waals surface area contributed by atoms with Gasteiger partial charge < -0.3 is 14.5 Å². The fourth-order valence-electron chi connectivity index (χ4n) is 2.28. The smallest absolute Gasteiger partial charge is 0.292 e. The molecule has 132 valence electrons. The standard InChI is InChI=1S/C18H15ClN4O3/c1-11-7-13(3-5-15(11)19)25-10-14-4-6-16(26-14)18(24)22-17-12(8-20)9-21-23(17)2/h3-7,9H,10H2,1-2H3,(H,22,24). The number of benzene rings is 1. The first kappa shape index (κ1) is 17.6. The topological polar surface area (TPSA) is 93.1 Å². The van der Waals surface area contributed by atoms with E-state index in [-0.39, 0.29) is 17.9 Å². The minimum absolute atomic E-state index is 0.112. The van der Waals surface area contributed by atoms with Gasteiger partial charge in [-0.25, -0.2) is 0 Å². The summed E-state index contributed by atoms with van der Waals surface area (Å²) in [5.41, 5.74) is 1.18. The van der Waals surface area contributed by atoms with Gasteiger partial charge in [-0.1, -0.05) is 11.6 Å². The lowest BCUT2D eigenvalue weighted by Crippen LogP contribution is -2.14. The third kappa shape index (κ3) is 3.71. The first-order chi connectivity index (χ1) is 12.5. The van der Waals surface area contributed by atoms with Crippen molar-refractivity contribution in [2.24, 2.45) is 7.05 Å². The van der Waals surface area contributed by atoms with Gasteiger partial charge in [-0.3, -0.25) is 9.48 Å². The van der Waals surface area contributed by atoms with Crippen molar-refractivity contribution in [3.63, 3.8) is 0 Å².